The molecule has 0 aliphatic rings. The molecule has 0 spiro atoms. The van der Waals surface area contributed by atoms with Crippen LogP contribution in [-0.4, -0.2) is 47.9 Å². The molecule has 2 aromatic carbocycles. The Bertz CT molecular complexity index is 1090. The van der Waals surface area contributed by atoms with Crippen molar-refractivity contribution in [3.05, 3.63) is 69.8 Å². The van der Waals surface area contributed by atoms with Crippen LogP contribution in [0.2, 0.25) is 0 Å². The van der Waals surface area contributed by atoms with Gasteiger partial charge in [-0.1, -0.05) is 36.5 Å². The number of hydrogen-bond acceptors (Lipinski definition) is 6. The molecule has 0 saturated carbocycles. The predicted molar refractivity (Wildman–Crippen MR) is 122 cm³/mol. The van der Waals surface area contributed by atoms with E-state index >= 15 is 0 Å². The minimum atomic E-state index is -0.450. The Morgan fingerprint density at radius 1 is 1.20 bits per heavy atom. The summed E-state index contributed by atoms with van der Waals surface area (Å²) in [5, 5.41) is 11.6. The Kier molecular flexibility index (Phi) is 6.91. The van der Waals surface area contributed by atoms with Crippen LogP contribution in [0.15, 0.2) is 48.5 Å². The van der Waals surface area contributed by atoms with Crippen molar-refractivity contribution in [2.75, 3.05) is 32.1 Å². The lowest BCUT2D eigenvalue weighted by atomic mass is 10.2. The van der Waals surface area contributed by atoms with Gasteiger partial charge in [0.05, 0.1) is 15.1 Å². The molecule has 1 aromatic heterocycles. The number of nitrogens with zero attached hydrogens (tertiary/aromatic N) is 4. The number of rotatable bonds is 8. The lowest BCUT2D eigenvalue weighted by molar-refractivity contribution is -0.384. The zero-order chi connectivity index (χ0) is 21.7. The Hall–Kier alpha value is -3.10. The molecule has 0 atom stereocenters. The fourth-order valence-corrected chi connectivity index (χ4v) is 3.95. The highest BCUT2D eigenvalue weighted by Gasteiger charge is 2.18. The summed E-state index contributed by atoms with van der Waals surface area (Å²) < 4.78 is 1.05. The van der Waals surface area contributed by atoms with Crippen molar-refractivity contribution in [3.8, 4) is 0 Å². The summed E-state index contributed by atoms with van der Waals surface area (Å²) in [6.07, 6.45) is 3.98. The molecule has 0 aliphatic heterocycles. The number of fused-ring (bicyclic) bond motifs is 1. The molecule has 156 valence electrons. The normalized spacial score (nSPS) is 11.5. The van der Waals surface area contributed by atoms with E-state index in [2.05, 4.69) is 24.0 Å². The number of nitro groups is 1. The molecule has 3 rings (SSSR count). The standard InChI is InChI=1S/C22H24N4O3S/c1-4-16-8-10-19-20(15-16)30-22(23-19)25(13-12-24(2)3)21(27)11-9-17-6-5-7-18(14-17)26(28)29/h5-11,14-15H,4,12-13H2,1-3H3. The number of thiazole rings is 1. The molecule has 0 fully saturated rings. The van der Waals surface area contributed by atoms with Gasteiger partial charge in [0.15, 0.2) is 5.13 Å². The van der Waals surface area contributed by atoms with Crippen molar-refractivity contribution in [2.24, 2.45) is 0 Å². The smallest absolute Gasteiger partial charge is 0.270 e. The van der Waals surface area contributed by atoms with Gasteiger partial charge in [0, 0.05) is 31.3 Å². The van der Waals surface area contributed by atoms with Gasteiger partial charge >= 0.3 is 0 Å². The summed E-state index contributed by atoms with van der Waals surface area (Å²) in [4.78, 5) is 31.8. The number of carbonyl (C=O) groups excluding carboxylic acids is 1. The first kappa shape index (κ1) is 21.6. The number of amides is 1. The summed E-state index contributed by atoms with van der Waals surface area (Å²) in [6, 6.07) is 12.4. The number of aromatic nitrogens is 1. The van der Waals surface area contributed by atoms with Crippen LogP contribution >= 0.6 is 11.3 Å². The van der Waals surface area contributed by atoms with Crippen molar-refractivity contribution in [1.29, 1.82) is 0 Å². The molecule has 1 amide bonds. The quantitative estimate of drug-likeness (QED) is 0.305. The lowest BCUT2D eigenvalue weighted by Gasteiger charge is -2.20. The van der Waals surface area contributed by atoms with Gasteiger partial charge in [0.2, 0.25) is 0 Å². The number of likely N-dealkylation sites (N-methyl/N-ethyl adjacent to an activating group) is 1. The van der Waals surface area contributed by atoms with E-state index < -0.39 is 4.92 Å². The van der Waals surface area contributed by atoms with Gasteiger partial charge in [-0.05, 0) is 49.9 Å². The molecule has 1 heterocycles. The molecular weight excluding hydrogens is 400 g/mol. The Labute approximate surface area is 179 Å². The van der Waals surface area contributed by atoms with Crippen molar-refractivity contribution < 1.29 is 9.72 Å². The number of anilines is 1. The van der Waals surface area contributed by atoms with Crippen LogP contribution in [0.1, 0.15) is 18.1 Å². The van der Waals surface area contributed by atoms with Crippen molar-refractivity contribution >= 4 is 44.4 Å². The Morgan fingerprint density at radius 2 is 2.00 bits per heavy atom. The second kappa shape index (κ2) is 9.60. The molecule has 3 aromatic rings. The first-order chi connectivity index (χ1) is 14.4. The largest absolute Gasteiger partial charge is 0.308 e. The highest BCUT2D eigenvalue weighted by molar-refractivity contribution is 7.22. The number of aryl methyl sites for hydroxylation is 1. The van der Waals surface area contributed by atoms with Crippen molar-refractivity contribution in [3.63, 3.8) is 0 Å². The van der Waals surface area contributed by atoms with Crippen LogP contribution in [0.3, 0.4) is 0 Å². The Balaban J connectivity index is 1.88. The maximum Gasteiger partial charge on any atom is 0.270 e. The zero-order valence-electron chi connectivity index (χ0n) is 17.2. The minimum Gasteiger partial charge on any atom is -0.308 e. The minimum absolute atomic E-state index is 0.00744. The summed E-state index contributed by atoms with van der Waals surface area (Å²) >= 11 is 1.50. The van der Waals surface area contributed by atoms with Crippen LogP contribution in [0.25, 0.3) is 16.3 Å². The summed E-state index contributed by atoms with van der Waals surface area (Å²) in [6.45, 7) is 3.28. The van der Waals surface area contributed by atoms with Gasteiger partial charge in [-0.2, -0.15) is 0 Å². The molecule has 30 heavy (non-hydrogen) atoms. The van der Waals surface area contributed by atoms with Gasteiger partial charge in [-0.3, -0.25) is 19.8 Å². The molecule has 7 nitrogen and oxygen atoms in total. The molecule has 0 unspecified atom stereocenters. The van der Waals surface area contributed by atoms with E-state index in [0.717, 1.165) is 16.6 Å². The van der Waals surface area contributed by atoms with Crippen LogP contribution in [0.5, 0.6) is 0 Å². The third-order valence-electron chi connectivity index (χ3n) is 4.62. The molecule has 0 radical (unpaired) electrons. The van der Waals surface area contributed by atoms with E-state index in [1.54, 1.807) is 23.1 Å². The van der Waals surface area contributed by atoms with Gasteiger partial charge < -0.3 is 4.90 Å². The molecule has 0 N–H and O–H groups in total. The van der Waals surface area contributed by atoms with Crippen LogP contribution in [0, 0.1) is 10.1 Å². The van der Waals surface area contributed by atoms with E-state index in [9.17, 15) is 14.9 Å². The summed E-state index contributed by atoms with van der Waals surface area (Å²) in [7, 11) is 3.90. The van der Waals surface area contributed by atoms with Crippen molar-refractivity contribution in [1.82, 2.24) is 9.88 Å². The average Bonchev–Trinajstić information content (AvgIpc) is 3.15. The Morgan fingerprint density at radius 3 is 2.70 bits per heavy atom. The van der Waals surface area contributed by atoms with Gasteiger partial charge in [-0.25, -0.2) is 4.98 Å². The molecule has 0 aliphatic carbocycles. The third kappa shape index (κ3) is 5.28. The monoisotopic (exact) mass is 424 g/mol. The van der Waals surface area contributed by atoms with Crippen LogP contribution in [-0.2, 0) is 11.2 Å². The first-order valence-corrected chi connectivity index (χ1v) is 10.5. The van der Waals surface area contributed by atoms with E-state index in [-0.39, 0.29) is 11.6 Å². The number of benzene rings is 2. The zero-order valence-corrected chi connectivity index (χ0v) is 18.1. The third-order valence-corrected chi connectivity index (χ3v) is 5.66. The topological polar surface area (TPSA) is 79.6 Å². The number of non-ortho nitro benzene ring substituents is 1. The highest BCUT2D eigenvalue weighted by Crippen LogP contribution is 2.30. The molecular formula is C22H24N4O3S. The SMILES string of the molecule is CCc1ccc2nc(N(CCN(C)C)C(=O)C=Cc3cccc([N+](=O)[O-])c3)sc2c1. The van der Waals surface area contributed by atoms with Gasteiger partial charge in [-0.15, -0.1) is 0 Å². The summed E-state index contributed by atoms with van der Waals surface area (Å²) in [5.41, 5.74) is 2.70. The fourth-order valence-electron chi connectivity index (χ4n) is 2.89. The second-order valence-electron chi connectivity index (χ2n) is 7.13. The molecule has 0 bridgehead atoms. The van der Waals surface area contributed by atoms with E-state index in [1.165, 1.54) is 35.1 Å². The number of carbonyl (C=O) groups is 1. The van der Waals surface area contributed by atoms with E-state index in [1.807, 2.05) is 25.1 Å². The number of hydrogen-bond donors (Lipinski definition) is 0. The average molecular weight is 425 g/mol. The summed E-state index contributed by atoms with van der Waals surface area (Å²) in [5.74, 6) is -0.210. The molecule has 8 heteroatoms. The van der Waals surface area contributed by atoms with Crippen LogP contribution < -0.4 is 4.90 Å². The van der Waals surface area contributed by atoms with E-state index in [4.69, 9.17) is 0 Å². The lowest BCUT2D eigenvalue weighted by Crippen LogP contribution is -2.35. The first-order valence-electron chi connectivity index (χ1n) is 9.65. The maximum absolute atomic E-state index is 13.0. The van der Waals surface area contributed by atoms with Gasteiger partial charge in [0.25, 0.3) is 11.6 Å². The highest BCUT2D eigenvalue weighted by atomic mass is 32.1. The van der Waals surface area contributed by atoms with E-state index in [0.29, 0.717) is 23.8 Å². The predicted octanol–water partition coefficient (Wildman–Crippen LogP) is 4.37. The fraction of sp³-hybridized carbons (Fsp3) is 0.273. The second-order valence-corrected chi connectivity index (χ2v) is 8.14. The number of nitro benzene ring substituents is 1. The molecule has 0 saturated heterocycles. The van der Waals surface area contributed by atoms with Crippen molar-refractivity contribution in [2.45, 2.75) is 13.3 Å². The maximum atomic E-state index is 13.0. The van der Waals surface area contributed by atoms with Crippen LogP contribution in [0.4, 0.5) is 10.8 Å². The van der Waals surface area contributed by atoms with Gasteiger partial charge in [0.1, 0.15) is 0 Å².